The average Bonchev–Trinajstić information content (AvgIpc) is 2.77. The number of methoxy groups -OCH3 is 1. The Morgan fingerprint density at radius 2 is 1.73 bits per heavy atom. The zero-order valence-electron chi connectivity index (χ0n) is 17.5. The molecular formula is C23H27NO6. The standard InChI is InChI=1S/C23H27NO6/c1-4-21(25)16-9-11-18(12-10-16)30-15-22(26)24-20(14-23(27)29-5-2)17-7-6-8-19(13-17)28-3/h6-13,20H,4-5,14-15H2,1-3H3,(H,24,26). The summed E-state index contributed by atoms with van der Waals surface area (Å²) in [4.78, 5) is 36.1. The van der Waals surface area contributed by atoms with Crippen LogP contribution in [0.4, 0.5) is 0 Å². The van der Waals surface area contributed by atoms with E-state index in [1.54, 1.807) is 69.5 Å². The first kappa shape index (κ1) is 22.9. The Morgan fingerprint density at radius 3 is 2.37 bits per heavy atom. The highest BCUT2D eigenvalue weighted by Gasteiger charge is 2.20. The van der Waals surface area contributed by atoms with Gasteiger partial charge in [-0.05, 0) is 48.9 Å². The Hall–Kier alpha value is -3.35. The van der Waals surface area contributed by atoms with Crippen molar-refractivity contribution in [3.8, 4) is 11.5 Å². The van der Waals surface area contributed by atoms with Crippen LogP contribution in [0.5, 0.6) is 11.5 Å². The molecule has 0 fully saturated rings. The minimum absolute atomic E-state index is 0.0133. The lowest BCUT2D eigenvalue weighted by Crippen LogP contribution is -2.34. The molecule has 2 aromatic rings. The van der Waals surface area contributed by atoms with Crippen molar-refractivity contribution in [3.05, 3.63) is 59.7 Å². The molecule has 0 aliphatic rings. The van der Waals surface area contributed by atoms with Gasteiger partial charge < -0.3 is 19.5 Å². The third-order valence-corrected chi connectivity index (χ3v) is 4.37. The molecular weight excluding hydrogens is 386 g/mol. The molecule has 0 saturated heterocycles. The van der Waals surface area contributed by atoms with E-state index in [1.165, 1.54) is 0 Å². The van der Waals surface area contributed by atoms with Gasteiger partial charge in [-0.25, -0.2) is 0 Å². The molecule has 0 heterocycles. The van der Waals surface area contributed by atoms with Crippen LogP contribution in [0.25, 0.3) is 0 Å². The quantitative estimate of drug-likeness (QED) is 0.448. The van der Waals surface area contributed by atoms with Crippen molar-refractivity contribution >= 4 is 17.7 Å². The summed E-state index contributed by atoms with van der Waals surface area (Å²) in [6.07, 6.45) is 0.412. The van der Waals surface area contributed by atoms with Crippen molar-refractivity contribution in [1.29, 1.82) is 0 Å². The fraction of sp³-hybridized carbons (Fsp3) is 0.348. The lowest BCUT2D eigenvalue weighted by atomic mass is 10.0. The van der Waals surface area contributed by atoms with Crippen molar-refractivity contribution in [2.24, 2.45) is 0 Å². The Balaban J connectivity index is 2.02. The van der Waals surface area contributed by atoms with E-state index in [0.717, 1.165) is 5.56 Å². The van der Waals surface area contributed by atoms with Gasteiger partial charge in [-0.15, -0.1) is 0 Å². The highest BCUT2D eigenvalue weighted by atomic mass is 16.5. The first-order valence-corrected chi connectivity index (χ1v) is 9.81. The molecule has 1 atom stereocenters. The van der Waals surface area contributed by atoms with Crippen LogP contribution in [-0.2, 0) is 14.3 Å². The monoisotopic (exact) mass is 413 g/mol. The second kappa shape index (κ2) is 11.6. The lowest BCUT2D eigenvalue weighted by Gasteiger charge is -2.19. The summed E-state index contributed by atoms with van der Waals surface area (Å²) in [5, 5.41) is 2.81. The van der Waals surface area contributed by atoms with Gasteiger partial charge in [0.1, 0.15) is 11.5 Å². The summed E-state index contributed by atoms with van der Waals surface area (Å²) in [7, 11) is 1.55. The number of esters is 1. The zero-order valence-corrected chi connectivity index (χ0v) is 17.5. The Bertz CT molecular complexity index is 862. The second-order valence-corrected chi connectivity index (χ2v) is 6.50. The normalized spacial score (nSPS) is 11.3. The maximum absolute atomic E-state index is 12.4. The molecule has 0 aromatic heterocycles. The molecule has 2 rings (SSSR count). The smallest absolute Gasteiger partial charge is 0.308 e. The summed E-state index contributed by atoms with van der Waals surface area (Å²) >= 11 is 0. The number of hydrogen-bond donors (Lipinski definition) is 1. The van der Waals surface area contributed by atoms with Crippen LogP contribution < -0.4 is 14.8 Å². The average molecular weight is 413 g/mol. The topological polar surface area (TPSA) is 90.9 Å². The van der Waals surface area contributed by atoms with Gasteiger partial charge >= 0.3 is 5.97 Å². The van der Waals surface area contributed by atoms with Gasteiger partial charge in [0.2, 0.25) is 0 Å². The number of benzene rings is 2. The fourth-order valence-corrected chi connectivity index (χ4v) is 2.82. The molecule has 0 aliphatic heterocycles. The van der Waals surface area contributed by atoms with E-state index >= 15 is 0 Å². The van der Waals surface area contributed by atoms with Gasteiger partial charge in [-0.1, -0.05) is 19.1 Å². The summed E-state index contributed by atoms with van der Waals surface area (Å²) in [5.41, 5.74) is 1.32. The van der Waals surface area contributed by atoms with Crippen LogP contribution in [0.3, 0.4) is 0 Å². The van der Waals surface area contributed by atoms with Crippen LogP contribution in [0.2, 0.25) is 0 Å². The van der Waals surface area contributed by atoms with Crippen molar-refractivity contribution in [3.63, 3.8) is 0 Å². The van der Waals surface area contributed by atoms with E-state index in [2.05, 4.69) is 5.32 Å². The van der Waals surface area contributed by atoms with E-state index in [1.807, 2.05) is 0 Å². The zero-order chi connectivity index (χ0) is 21.9. The maximum atomic E-state index is 12.4. The SMILES string of the molecule is CCOC(=O)CC(NC(=O)COc1ccc(C(=O)CC)cc1)c1cccc(OC)c1. The van der Waals surface area contributed by atoms with Crippen molar-refractivity contribution in [2.45, 2.75) is 32.7 Å². The number of hydrogen-bond acceptors (Lipinski definition) is 6. The molecule has 0 saturated carbocycles. The Morgan fingerprint density at radius 1 is 1.00 bits per heavy atom. The molecule has 7 heteroatoms. The number of ketones is 1. The largest absolute Gasteiger partial charge is 0.497 e. The number of rotatable bonds is 11. The molecule has 1 amide bonds. The first-order valence-electron chi connectivity index (χ1n) is 9.81. The van der Waals surface area contributed by atoms with Gasteiger partial charge in [0, 0.05) is 12.0 Å². The molecule has 160 valence electrons. The number of carbonyl (C=O) groups excluding carboxylic acids is 3. The van der Waals surface area contributed by atoms with Crippen molar-refractivity contribution in [2.75, 3.05) is 20.3 Å². The second-order valence-electron chi connectivity index (χ2n) is 6.50. The minimum Gasteiger partial charge on any atom is -0.497 e. The molecule has 7 nitrogen and oxygen atoms in total. The minimum atomic E-state index is -0.584. The summed E-state index contributed by atoms with van der Waals surface area (Å²) in [5.74, 6) is 0.331. The van der Waals surface area contributed by atoms with Crippen molar-refractivity contribution in [1.82, 2.24) is 5.32 Å². The van der Waals surface area contributed by atoms with Crippen LogP contribution in [0, 0.1) is 0 Å². The van der Waals surface area contributed by atoms with E-state index in [4.69, 9.17) is 14.2 Å². The van der Waals surface area contributed by atoms with Crippen LogP contribution in [0.15, 0.2) is 48.5 Å². The third kappa shape index (κ3) is 6.92. The fourth-order valence-electron chi connectivity index (χ4n) is 2.82. The molecule has 0 aliphatic carbocycles. The summed E-state index contributed by atoms with van der Waals surface area (Å²) in [6.45, 7) is 3.55. The highest BCUT2D eigenvalue weighted by Crippen LogP contribution is 2.22. The van der Waals surface area contributed by atoms with Gasteiger partial charge in [0.15, 0.2) is 12.4 Å². The number of amides is 1. The molecule has 1 unspecified atom stereocenters. The molecule has 0 spiro atoms. The summed E-state index contributed by atoms with van der Waals surface area (Å²) < 4.78 is 15.8. The van der Waals surface area contributed by atoms with Gasteiger partial charge in [0.05, 0.1) is 26.2 Å². The predicted molar refractivity (Wildman–Crippen MR) is 112 cm³/mol. The van der Waals surface area contributed by atoms with E-state index in [9.17, 15) is 14.4 Å². The molecule has 0 bridgehead atoms. The van der Waals surface area contributed by atoms with Crippen molar-refractivity contribution < 1.29 is 28.6 Å². The van der Waals surface area contributed by atoms with Gasteiger partial charge in [-0.2, -0.15) is 0 Å². The number of Topliss-reactive ketones (excluding diaryl/α,β-unsaturated/α-hetero) is 1. The Labute approximate surface area is 176 Å². The van der Waals surface area contributed by atoms with Crippen LogP contribution in [-0.4, -0.2) is 38.0 Å². The molecule has 1 N–H and O–H groups in total. The third-order valence-electron chi connectivity index (χ3n) is 4.37. The van der Waals surface area contributed by atoms with Gasteiger partial charge in [-0.3, -0.25) is 14.4 Å². The predicted octanol–water partition coefficient (Wildman–Crippen LogP) is 3.48. The van der Waals surface area contributed by atoms with Crippen LogP contribution in [0.1, 0.15) is 48.7 Å². The van der Waals surface area contributed by atoms with E-state index < -0.39 is 12.0 Å². The maximum Gasteiger partial charge on any atom is 0.308 e. The number of carbonyl (C=O) groups is 3. The van der Waals surface area contributed by atoms with Crippen LogP contribution >= 0.6 is 0 Å². The first-order chi connectivity index (χ1) is 14.5. The summed E-state index contributed by atoms with van der Waals surface area (Å²) in [6, 6.07) is 13.2. The molecule has 2 aromatic carbocycles. The number of ether oxygens (including phenoxy) is 3. The van der Waals surface area contributed by atoms with Gasteiger partial charge in [0.25, 0.3) is 5.91 Å². The van der Waals surface area contributed by atoms with E-state index in [0.29, 0.717) is 23.5 Å². The van der Waals surface area contributed by atoms with E-state index in [-0.39, 0.29) is 31.3 Å². The highest BCUT2D eigenvalue weighted by molar-refractivity contribution is 5.95. The Kier molecular flexibility index (Phi) is 8.87. The molecule has 0 radical (unpaired) electrons. The number of nitrogens with one attached hydrogen (secondary N) is 1. The molecule has 30 heavy (non-hydrogen) atoms. The lowest BCUT2D eigenvalue weighted by molar-refractivity contribution is -0.143.